The van der Waals surface area contributed by atoms with Crippen molar-refractivity contribution in [2.24, 2.45) is 13.0 Å². The lowest BCUT2D eigenvalue weighted by atomic mass is 10.1. The number of hydrogen-bond donors (Lipinski definition) is 0. The molecule has 0 radical (unpaired) electrons. The first-order valence-corrected chi connectivity index (χ1v) is 12.2. The fourth-order valence-electron chi connectivity index (χ4n) is 3.15. The molecule has 0 amide bonds. The van der Waals surface area contributed by atoms with E-state index in [-0.39, 0.29) is 35.3 Å². The van der Waals surface area contributed by atoms with Gasteiger partial charge in [0.15, 0.2) is 0 Å². The second-order valence-electron chi connectivity index (χ2n) is 8.01. The molecule has 0 aliphatic heterocycles. The quantitative estimate of drug-likeness (QED) is 0.305. The molecule has 35 heavy (non-hydrogen) atoms. The van der Waals surface area contributed by atoms with Crippen LogP contribution in [0.1, 0.15) is 35.0 Å². The summed E-state index contributed by atoms with van der Waals surface area (Å²) in [7, 11) is -0.894. The average Bonchev–Trinajstić information content (AvgIpc) is 3.22. The van der Waals surface area contributed by atoms with Crippen molar-refractivity contribution >= 4 is 16.1 Å². The van der Waals surface area contributed by atoms with E-state index in [0.717, 1.165) is 5.56 Å². The molecule has 0 aliphatic rings. The number of aromatic nitrogens is 3. The van der Waals surface area contributed by atoms with Crippen LogP contribution in [0.3, 0.4) is 0 Å². The number of benzene rings is 1. The number of methoxy groups -OCH3 is 1. The number of hydrogen-bond acceptors (Lipinski definition) is 9. The summed E-state index contributed by atoms with van der Waals surface area (Å²) in [6, 6.07) is 11.2. The second-order valence-corrected chi connectivity index (χ2v) is 9.63. The lowest BCUT2D eigenvalue weighted by Crippen LogP contribution is -2.15. The third-order valence-electron chi connectivity index (χ3n) is 5.19. The van der Waals surface area contributed by atoms with Crippen molar-refractivity contribution < 1.29 is 26.9 Å². The topological polar surface area (TPSA) is 133 Å². The smallest absolute Gasteiger partial charge is 0.338 e. The number of nitriles is 1. The molecule has 10 nitrogen and oxygen atoms in total. The van der Waals surface area contributed by atoms with Crippen LogP contribution in [0, 0.1) is 24.2 Å². The molecule has 0 bridgehead atoms. The summed E-state index contributed by atoms with van der Waals surface area (Å²) in [4.78, 5) is 16.3. The van der Waals surface area contributed by atoms with Crippen molar-refractivity contribution in [3.05, 3.63) is 59.4 Å². The molecule has 0 saturated carbocycles. The first-order valence-electron chi connectivity index (χ1n) is 10.8. The molecule has 3 rings (SSSR count). The third-order valence-corrected chi connectivity index (χ3v) is 6.48. The summed E-state index contributed by atoms with van der Waals surface area (Å²) < 4.78 is 42.1. The Kier molecular flexibility index (Phi) is 8.22. The number of aryl methyl sites for hydroxylation is 2. The van der Waals surface area contributed by atoms with Gasteiger partial charge in [0.05, 0.1) is 48.2 Å². The number of esters is 1. The second kappa shape index (κ2) is 11.1. The molecule has 11 heteroatoms. The summed E-state index contributed by atoms with van der Waals surface area (Å²) in [5.41, 5.74) is 2.04. The summed E-state index contributed by atoms with van der Waals surface area (Å²) in [5, 5.41) is 13.5. The molecule has 0 saturated heterocycles. The van der Waals surface area contributed by atoms with Crippen LogP contribution in [0.4, 0.5) is 0 Å². The van der Waals surface area contributed by atoms with Crippen molar-refractivity contribution in [1.82, 2.24) is 14.8 Å². The maximum absolute atomic E-state index is 12.4. The largest absolute Gasteiger partial charge is 0.477 e. The van der Waals surface area contributed by atoms with Crippen LogP contribution in [0.5, 0.6) is 5.88 Å². The summed E-state index contributed by atoms with van der Waals surface area (Å²) >= 11 is 0. The molecule has 1 aromatic carbocycles. The minimum Gasteiger partial charge on any atom is -0.477 e. The van der Waals surface area contributed by atoms with Gasteiger partial charge in [-0.3, -0.25) is 4.18 Å². The van der Waals surface area contributed by atoms with Gasteiger partial charge in [0.1, 0.15) is 11.8 Å². The van der Waals surface area contributed by atoms with Crippen molar-refractivity contribution in [3.8, 4) is 23.2 Å². The first-order chi connectivity index (χ1) is 16.6. The molecule has 0 fully saturated rings. The number of carbonyl (C=O) groups is 1. The highest BCUT2D eigenvalue weighted by Gasteiger charge is 2.19. The number of pyridine rings is 1. The van der Waals surface area contributed by atoms with Crippen LogP contribution in [-0.2, 0) is 26.1 Å². The highest BCUT2D eigenvalue weighted by molar-refractivity contribution is 7.86. The summed E-state index contributed by atoms with van der Waals surface area (Å²) in [6.07, 6.45) is 2.04. The Hall–Kier alpha value is -3.75. The van der Waals surface area contributed by atoms with Gasteiger partial charge in [-0.2, -0.15) is 18.8 Å². The van der Waals surface area contributed by atoms with Gasteiger partial charge >= 0.3 is 5.97 Å². The first kappa shape index (κ1) is 25.9. The molecule has 184 valence electrons. The molecule has 3 aromatic rings. The Labute approximate surface area is 204 Å². The maximum Gasteiger partial charge on any atom is 0.338 e. The zero-order valence-electron chi connectivity index (χ0n) is 19.9. The number of carbonyl (C=O) groups excluding carboxylic acids is 1. The van der Waals surface area contributed by atoms with Crippen LogP contribution in [0.25, 0.3) is 11.3 Å². The fourth-order valence-corrected chi connectivity index (χ4v) is 4.17. The lowest BCUT2D eigenvalue weighted by molar-refractivity contribution is 0.0600. The fraction of sp³-hybridized carbons (Fsp3) is 0.333. The van der Waals surface area contributed by atoms with E-state index in [1.807, 2.05) is 19.9 Å². The van der Waals surface area contributed by atoms with E-state index in [9.17, 15) is 18.5 Å². The van der Waals surface area contributed by atoms with Gasteiger partial charge in [-0.25, -0.2) is 14.5 Å². The number of ether oxygens (including phenoxy) is 2. The standard InChI is InChI=1S/C24H26N4O6S/c1-16-5-7-20(8-6-16)35(30,31)34-15-17(2)9-10-33-23-21(14-26-28(23)3)22-12-18(24(29)32-4)11-19(13-25)27-22/h5-8,11-12,14,17H,9-10,15H2,1-4H3/t17-/m1/s1. The highest BCUT2D eigenvalue weighted by atomic mass is 32.2. The van der Waals surface area contributed by atoms with Crippen molar-refractivity contribution in [1.29, 1.82) is 5.26 Å². The van der Waals surface area contributed by atoms with Crippen molar-refractivity contribution in [3.63, 3.8) is 0 Å². The van der Waals surface area contributed by atoms with E-state index in [0.29, 0.717) is 23.6 Å². The van der Waals surface area contributed by atoms with E-state index < -0.39 is 16.1 Å². The SMILES string of the molecule is COC(=O)c1cc(C#N)nc(-c2cnn(C)c2OCC[C@@H](C)COS(=O)(=O)c2ccc(C)cc2)c1. The summed E-state index contributed by atoms with van der Waals surface area (Å²) in [5.74, 6) is -0.312. The predicted octanol–water partition coefficient (Wildman–Crippen LogP) is 3.26. The van der Waals surface area contributed by atoms with Gasteiger partial charge in [0, 0.05) is 7.05 Å². The summed E-state index contributed by atoms with van der Waals surface area (Å²) in [6.45, 7) is 4.00. The molecule has 0 N–H and O–H groups in total. The molecular formula is C24H26N4O6S. The van der Waals surface area contributed by atoms with Crippen LogP contribution >= 0.6 is 0 Å². The van der Waals surface area contributed by atoms with Crippen molar-refractivity contribution in [2.75, 3.05) is 20.3 Å². The van der Waals surface area contributed by atoms with Gasteiger partial charge in [0.2, 0.25) is 5.88 Å². The lowest BCUT2D eigenvalue weighted by Gasteiger charge is -2.14. The monoisotopic (exact) mass is 498 g/mol. The molecule has 2 aromatic heterocycles. The molecule has 1 atom stereocenters. The molecule has 0 spiro atoms. The van der Waals surface area contributed by atoms with Crippen molar-refractivity contribution in [2.45, 2.75) is 25.2 Å². The number of nitrogens with zero attached hydrogens (tertiary/aromatic N) is 4. The minimum absolute atomic E-state index is 0.00603. The normalized spacial score (nSPS) is 12.1. The zero-order chi connectivity index (χ0) is 25.6. The third kappa shape index (κ3) is 6.44. The number of rotatable bonds is 10. The van der Waals surface area contributed by atoms with Gasteiger partial charge < -0.3 is 9.47 Å². The molecule has 0 unspecified atom stereocenters. The molecular weight excluding hydrogens is 472 g/mol. The van der Waals surface area contributed by atoms with Crippen LogP contribution in [0.15, 0.2) is 47.5 Å². The van der Waals surface area contributed by atoms with Gasteiger partial charge in [-0.05, 0) is 43.5 Å². The van der Waals surface area contributed by atoms with E-state index in [4.69, 9.17) is 13.7 Å². The average molecular weight is 499 g/mol. The Morgan fingerprint density at radius 1 is 1.23 bits per heavy atom. The maximum atomic E-state index is 12.4. The van der Waals surface area contributed by atoms with Crippen LogP contribution in [-0.4, -0.2) is 49.5 Å². The predicted molar refractivity (Wildman–Crippen MR) is 126 cm³/mol. The van der Waals surface area contributed by atoms with Crippen LogP contribution < -0.4 is 4.74 Å². The van der Waals surface area contributed by atoms with Gasteiger partial charge in [-0.15, -0.1) is 0 Å². The Morgan fingerprint density at radius 3 is 2.60 bits per heavy atom. The minimum atomic E-state index is -3.84. The molecule has 2 heterocycles. The van der Waals surface area contributed by atoms with Gasteiger partial charge in [-0.1, -0.05) is 24.6 Å². The Bertz CT molecular complexity index is 1340. The Balaban J connectivity index is 1.65. The van der Waals surface area contributed by atoms with E-state index in [1.54, 1.807) is 19.2 Å². The van der Waals surface area contributed by atoms with E-state index >= 15 is 0 Å². The van der Waals surface area contributed by atoms with E-state index in [1.165, 1.54) is 42.3 Å². The zero-order valence-corrected chi connectivity index (χ0v) is 20.7. The van der Waals surface area contributed by atoms with Crippen LogP contribution in [0.2, 0.25) is 0 Å². The Morgan fingerprint density at radius 2 is 1.94 bits per heavy atom. The molecule has 0 aliphatic carbocycles. The van der Waals surface area contributed by atoms with E-state index in [2.05, 4.69) is 10.1 Å². The van der Waals surface area contributed by atoms with Gasteiger partial charge in [0.25, 0.3) is 10.1 Å². The highest BCUT2D eigenvalue weighted by Crippen LogP contribution is 2.29.